The van der Waals surface area contributed by atoms with Crippen LogP contribution >= 0.6 is 0 Å². The van der Waals surface area contributed by atoms with Crippen molar-refractivity contribution in [3.63, 3.8) is 0 Å². The molecule has 0 atom stereocenters. The van der Waals surface area contributed by atoms with Crippen molar-refractivity contribution in [1.82, 2.24) is 14.6 Å². The zero-order chi connectivity index (χ0) is 10.3. The predicted molar refractivity (Wildman–Crippen MR) is 56.6 cm³/mol. The van der Waals surface area contributed by atoms with Crippen LogP contribution in [0.3, 0.4) is 0 Å². The summed E-state index contributed by atoms with van der Waals surface area (Å²) in [6.45, 7) is 8.55. The summed E-state index contributed by atoms with van der Waals surface area (Å²) in [5.41, 5.74) is 4.62. The standard InChI is InChI=1S/C11H15N3/c1-7(2)10-8(3)9(4)11-12-5-6-14(11)13-10/h5-7H,1-4H3. The summed E-state index contributed by atoms with van der Waals surface area (Å²) in [4.78, 5) is 4.28. The Hall–Kier alpha value is -1.38. The largest absolute Gasteiger partial charge is 0.235 e. The van der Waals surface area contributed by atoms with Crippen LogP contribution < -0.4 is 0 Å². The van der Waals surface area contributed by atoms with E-state index in [1.54, 1.807) is 6.20 Å². The molecule has 0 aromatic carbocycles. The highest BCUT2D eigenvalue weighted by atomic mass is 15.2. The van der Waals surface area contributed by atoms with Crippen LogP contribution in [0.25, 0.3) is 5.65 Å². The highest BCUT2D eigenvalue weighted by Gasteiger charge is 2.11. The molecule has 0 saturated heterocycles. The van der Waals surface area contributed by atoms with E-state index in [1.165, 1.54) is 11.1 Å². The van der Waals surface area contributed by atoms with Crippen molar-refractivity contribution in [1.29, 1.82) is 0 Å². The second kappa shape index (κ2) is 3.08. The van der Waals surface area contributed by atoms with Gasteiger partial charge >= 0.3 is 0 Å². The molecule has 3 heteroatoms. The number of nitrogens with zero attached hydrogens (tertiary/aromatic N) is 3. The number of hydrogen-bond acceptors (Lipinski definition) is 2. The molecule has 14 heavy (non-hydrogen) atoms. The Balaban J connectivity index is 2.80. The molecule has 0 amide bonds. The van der Waals surface area contributed by atoms with Gasteiger partial charge in [-0.25, -0.2) is 9.50 Å². The maximum atomic E-state index is 4.55. The van der Waals surface area contributed by atoms with Crippen molar-refractivity contribution in [2.24, 2.45) is 0 Å². The third kappa shape index (κ3) is 1.20. The van der Waals surface area contributed by atoms with Gasteiger partial charge in [0.25, 0.3) is 0 Å². The zero-order valence-corrected chi connectivity index (χ0v) is 9.07. The lowest BCUT2D eigenvalue weighted by molar-refractivity contribution is 0.749. The van der Waals surface area contributed by atoms with Crippen LogP contribution in [0.5, 0.6) is 0 Å². The molecule has 0 radical (unpaired) electrons. The molecule has 0 bridgehead atoms. The quantitative estimate of drug-likeness (QED) is 0.689. The van der Waals surface area contributed by atoms with Gasteiger partial charge in [0.1, 0.15) is 0 Å². The average Bonchev–Trinajstić information content (AvgIpc) is 2.58. The van der Waals surface area contributed by atoms with Crippen molar-refractivity contribution >= 4 is 5.65 Å². The number of fused-ring (bicyclic) bond motifs is 1. The van der Waals surface area contributed by atoms with Gasteiger partial charge in [0, 0.05) is 12.4 Å². The first-order valence-electron chi connectivity index (χ1n) is 4.91. The monoisotopic (exact) mass is 189 g/mol. The van der Waals surface area contributed by atoms with Crippen molar-refractivity contribution in [3.05, 3.63) is 29.2 Å². The van der Waals surface area contributed by atoms with Gasteiger partial charge in [0.2, 0.25) is 0 Å². The SMILES string of the molecule is Cc1c(C(C)C)nn2ccnc2c1C. The van der Waals surface area contributed by atoms with E-state index in [4.69, 9.17) is 0 Å². The molecule has 2 heterocycles. The molecular formula is C11H15N3. The molecule has 0 aliphatic carbocycles. The van der Waals surface area contributed by atoms with E-state index < -0.39 is 0 Å². The number of imidazole rings is 1. The lowest BCUT2D eigenvalue weighted by atomic mass is 10.0. The van der Waals surface area contributed by atoms with E-state index in [0.29, 0.717) is 5.92 Å². The molecule has 0 fully saturated rings. The van der Waals surface area contributed by atoms with Gasteiger partial charge in [-0.15, -0.1) is 0 Å². The first kappa shape index (κ1) is 9.19. The fraction of sp³-hybridized carbons (Fsp3) is 0.455. The fourth-order valence-electron chi connectivity index (χ4n) is 1.75. The van der Waals surface area contributed by atoms with Crippen LogP contribution in [0.1, 0.15) is 36.6 Å². The van der Waals surface area contributed by atoms with Crippen LogP contribution in [-0.2, 0) is 0 Å². The summed E-state index contributed by atoms with van der Waals surface area (Å²) in [5, 5.41) is 4.55. The molecule has 0 unspecified atom stereocenters. The Morgan fingerprint density at radius 3 is 2.57 bits per heavy atom. The Morgan fingerprint density at radius 1 is 1.21 bits per heavy atom. The lowest BCUT2D eigenvalue weighted by Gasteiger charge is -2.11. The van der Waals surface area contributed by atoms with E-state index in [2.05, 4.69) is 37.8 Å². The topological polar surface area (TPSA) is 30.2 Å². The Bertz CT molecular complexity index is 469. The minimum Gasteiger partial charge on any atom is -0.235 e. The Kier molecular flexibility index (Phi) is 2.02. The van der Waals surface area contributed by atoms with Gasteiger partial charge < -0.3 is 0 Å². The van der Waals surface area contributed by atoms with Crippen LogP contribution in [-0.4, -0.2) is 14.6 Å². The second-order valence-electron chi connectivity index (χ2n) is 3.99. The lowest BCUT2D eigenvalue weighted by Crippen LogP contribution is -2.05. The van der Waals surface area contributed by atoms with E-state index in [0.717, 1.165) is 11.3 Å². The number of rotatable bonds is 1. The molecule has 0 aliphatic heterocycles. The van der Waals surface area contributed by atoms with Gasteiger partial charge in [-0.1, -0.05) is 13.8 Å². The smallest absolute Gasteiger partial charge is 0.156 e. The van der Waals surface area contributed by atoms with Crippen LogP contribution in [0.15, 0.2) is 12.4 Å². The second-order valence-corrected chi connectivity index (χ2v) is 3.99. The maximum Gasteiger partial charge on any atom is 0.156 e. The van der Waals surface area contributed by atoms with E-state index >= 15 is 0 Å². The van der Waals surface area contributed by atoms with Crippen molar-refractivity contribution in [2.75, 3.05) is 0 Å². The van der Waals surface area contributed by atoms with E-state index in [1.807, 2.05) is 10.7 Å². The molecule has 0 aliphatic rings. The first-order valence-corrected chi connectivity index (χ1v) is 4.91. The molecule has 0 N–H and O–H groups in total. The minimum atomic E-state index is 0.459. The van der Waals surface area contributed by atoms with Gasteiger partial charge in [0.15, 0.2) is 5.65 Å². The van der Waals surface area contributed by atoms with E-state index in [9.17, 15) is 0 Å². The van der Waals surface area contributed by atoms with E-state index in [-0.39, 0.29) is 0 Å². The van der Waals surface area contributed by atoms with Gasteiger partial charge in [-0.3, -0.25) is 0 Å². The minimum absolute atomic E-state index is 0.459. The molecule has 2 aromatic rings. The number of aryl methyl sites for hydroxylation is 1. The van der Waals surface area contributed by atoms with Gasteiger partial charge in [0.05, 0.1) is 5.69 Å². The van der Waals surface area contributed by atoms with Crippen LogP contribution in [0.4, 0.5) is 0 Å². The van der Waals surface area contributed by atoms with Crippen LogP contribution in [0, 0.1) is 13.8 Å². The summed E-state index contributed by atoms with van der Waals surface area (Å²) >= 11 is 0. The fourth-order valence-corrected chi connectivity index (χ4v) is 1.75. The van der Waals surface area contributed by atoms with Crippen molar-refractivity contribution in [3.8, 4) is 0 Å². The molecule has 3 nitrogen and oxygen atoms in total. The van der Waals surface area contributed by atoms with Crippen molar-refractivity contribution < 1.29 is 0 Å². The zero-order valence-electron chi connectivity index (χ0n) is 9.07. The summed E-state index contributed by atoms with van der Waals surface area (Å²) in [6.07, 6.45) is 3.69. The molecule has 74 valence electrons. The number of hydrogen-bond donors (Lipinski definition) is 0. The molecule has 2 rings (SSSR count). The van der Waals surface area contributed by atoms with Gasteiger partial charge in [-0.2, -0.15) is 5.10 Å². The van der Waals surface area contributed by atoms with Crippen LogP contribution in [0.2, 0.25) is 0 Å². The molecule has 2 aromatic heterocycles. The van der Waals surface area contributed by atoms with Crippen molar-refractivity contribution in [2.45, 2.75) is 33.6 Å². The maximum absolute atomic E-state index is 4.55. The molecule has 0 saturated carbocycles. The Morgan fingerprint density at radius 2 is 1.93 bits per heavy atom. The third-order valence-corrected chi connectivity index (χ3v) is 2.67. The number of aromatic nitrogens is 3. The highest BCUT2D eigenvalue weighted by Crippen LogP contribution is 2.21. The van der Waals surface area contributed by atoms with Gasteiger partial charge in [-0.05, 0) is 30.9 Å². The highest BCUT2D eigenvalue weighted by molar-refractivity contribution is 5.51. The first-order chi connectivity index (χ1) is 6.61. The average molecular weight is 189 g/mol. The molecular weight excluding hydrogens is 174 g/mol. The summed E-state index contributed by atoms with van der Waals surface area (Å²) in [7, 11) is 0. The Labute approximate surface area is 83.8 Å². The normalized spacial score (nSPS) is 11.5. The summed E-state index contributed by atoms with van der Waals surface area (Å²) in [6, 6.07) is 0. The molecule has 0 spiro atoms. The summed E-state index contributed by atoms with van der Waals surface area (Å²) in [5.74, 6) is 0.459. The predicted octanol–water partition coefficient (Wildman–Crippen LogP) is 2.47. The third-order valence-electron chi connectivity index (χ3n) is 2.67. The summed E-state index contributed by atoms with van der Waals surface area (Å²) < 4.78 is 1.86.